The molecule has 0 fully saturated rings. The number of hydrogen-bond acceptors (Lipinski definition) is 2. The number of carbonyl (C=O) groups is 2. The van der Waals surface area contributed by atoms with Crippen molar-refractivity contribution in [1.29, 1.82) is 0 Å². The smallest absolute Gasteiger partial charge is 0.305 e. The molecule has 192 valence electrons. The second kappa shape index (κ2) is 12.0. The first kappa shape index (κ1) is 27.1. The number of H-pyrrole nitrogens is 1. The van der Waals surface area contributed by atoms with Crippen LogP contribution >= 0.6 is 34.8 Å². The van der Waals surface area contributed by atoms with Crippen LogP contribution in [0.1, 0.15) is 65.1 Å². The Hall–Kier alpha value is -2.99. The monoisotopic (exact) mass is 556 g/mol. The number of hydrogen-bond donors (Lipinski definition) is 3. The molecule has 0 bridgehead atoms. The maximum atomic E-state index is 12.5. The second-order valence-electron chi connectivity index (χ2n) is 8.97. The SMILES string of the molecule is CCCC(c1ccc(C(=O)NCCC(=O)O)cc1)C(c1ccc(Cl)cc1)c1c[nH]c2c(Cl)c(Cl)ccc12. The van der Waals surface area contributed by atoms with Gasteiger partial charge in [-0.2, -0.15) is 0 Å². The molecule has 0 saturated carbocycles. The molecule has 0 aliphatic heterocycles. The highest BCUT2D eigenvalue weighted by Gasteiger charge is 2.29. The molecule has 37 heavy (non-hydrogen) atoms. The Morgan fingerprint density at radius 1 is 0.946 bits per heavy atom. The number of aliphatic carboxylic acids is 1. The van der Waals surface area contributed by atoms with E-state index in [-0.39, 0.29) is 30.7 Å². The van der Waals surface area contributed by atoms with E-state index in [4.69, 9.17) is 39.9 Å². The van der Waals surface area contributed by atoms with Gasteiger partial charge >= 0.3 is 5.97 Å². The zero-order chi connectivity index (χ0) is 26.5. The van der Waals surface area contributed by atoms with Crippen molar-refractivity contribution >= 4 is 57.6 Å². The van der Waals surface area contributed by atoms with Crippen molar-refractivity contribution in [2.75, 3.05) is 6.54 Å². The van der Waals surface area contributed by atoms with Gasteiger partial charge in [0.1, 0.15) is 0 Å². The number of halogens is 3. The van der Waals surface area contributed by atoms with Crippen molar-refractivity contribution in [2.24, 2.45) is 0 Å². The number of aromatic amines is 1. The van der Waals surface area contributed by atoms with Gasteiger partial charge in [-0.1, -0.05) is 78.5 Å². The molecule has 0 aliphatic rings. The molecule has 2 unspecified atom stereocenters. The van der Waals surface area contributed by atoms with Gasteiger partial charge in [-0.15, -0.1) is 0 Å². The van der Waals surface area contributed by atoms with E-state index < -0.39 is 5.97 Å². The molecule has 4 aromatic rings. The van der Waals surface area contributed by atoms with Crippen molar-refractivity contribution in [3.05, 3.63) is 104 Å². The molecule has 1 amide bonds. The first-order valence-electron chi connectivity index (χ1n) is 12.1. The Kier molecular flexibility index (Phi) is 8.80. The molecule has 2 atom stereocenters. The molecule has 0 radical (unpaired) electrons. The molecule has 4 rings (SSSR count). The lowest BCUT2D eigenvalue weighted by Crippen LogP contribution is -2.26. The molecule has 3 N–H and O–H groups in total. The van der Waals surface area contributed by atoms with Crippen LogP contribution in [0.5, 0.6) is 0 Å². The molecular formula is C29H27Cl3N2O3. The maximum absolute atomic E-state index is 12.5. The van der Waals surface area contributed by atoms with Gasteiger partial charge in [0.05, 0.1) is 22.0 Å². The summed E-state index contributed by atoms with van der Waals surface area (Å²) in [7, 11) is 0. The Balaban J connectivity index is 1.75. The van der Waals surface area contributed by atoms with Crippen LogP contribution in [0.4, 0.5) is 0 Å². The first-order chi connectivity index (χ1) is 17.8. The summed E-state index contributed by atoms with van der Waals surface area (Å²) in [5.74, 6) is -1.16. The van der Waals surface area contributed by atoms with Crippen molar-refractivity contribution < 1.29 is 14.7 Å². The van der Waals surface area contributed by atoms with Crippen molar-refractivity contribution in [2.45, 2.75) is 38.0 Å². The van der Waals surface area contributed by atoms with Gasteiger partial charge in [0.15, 0.2) is 0 Å². The van der Waals surface area contributed by atoms with Gasteiger partial charge in [0, 0.05) is 34.6 Å². The van der Waals surface area contributed by atoms with E-state index in [1.807, 2.05) is 42.6 Å². The van der Waals surface area contributed by atoms with Gasteiger partial charge in [0.2, 0.25) is 0 Å². The highest BCUT2D eigenvalue weighted by Crippen LogP contribution is 2.45. The third-order valence-corrected chi connectivity index (χ3v) is 7.63. The van der Waals surface area contributed by atoms with Crippen LogP contribution in [0, 0.1) is 0 Å². The Labute approximate surface area is 230 Å². The normalized spacial score (nSPS) is 12.9. The zero-order valence-electron chi connectivity index (χ0n) is 20.2. The fourth-order valence-electron chi connectivity index (χ4n) is 4.82. The number of benzene rings is 3. The van der Waals surface area contributed by atoms with E-state index in [1.165, 1.54) is 0 Å². The van der Waals surface area contributed by atoms with Crippen LogP contribution < -0.4 is 5.32 Å². The van der Waals surface area contributed by atoms with Gasteiger partial charge in [-0.05, 0) is 59.4 Å². The summed E-state index contributed by atoms with van der Waals surface area (Å²) in [5.41, 5.74) is 4.60. The number of carboxylic acid groups (broad SMARTS) is 1. The molecule has 1 heterocycles. The predicted octanol–water partition coefficient (Wildman–Crippen LogP) is 8.05. The van der Waals surface area contributed by atoms with Crippen LogP contribution in [0.2, 0.25) is 15.1 Å². The van der Waals surface area contributed by atoms with E-state index in [1.54, 1.807) is 12.1 Å². The summed E-state index contributed by atoms with van der Waals surface area (Å²) in [6, 6.07) is 19.2. The number of nitrogens with one attached hydrogen (secondary N) is 2. The lowest BCUT2D eigenvalue weighted by Gasteiger charge is -2.28. The molecule has 3 aromatic carbocycles. The van der Waals surface area contributed by atoms with E-state index >= 15 is 0 Å². The van der Waals surface area contributed by atoms with Crippen molar-refractivity contribution in [3.63, 3.8) is 0 Å². The summed E-state index contributed by atoms with van der Waals surface area (Å²) < 4.78 is 0. The van der Waals surface area contributed by atoms with E-state index in [0.29, 0.717) is 20.6 Å². The van der Waals surface area contributed by atoms with Crippen LogP contribution in [0.3, 0.4) is 0 Å². The number of carbonyl (C=O) groups excluding carboxylic acids is 1. The molecule has 8 heteroatoms. The average Bonchev–Trinajstić information content (AvgIpc) is 3.31. The molecular weight excluding hydrogens is 531 g/mol. The van der Waals surface area contributed by atoms with Crippen molar-refractivity contribution in [3.8, 4) is 0 Å². The number of carboxylic acids is 1. The van der Waals surface area contributed by atoms with Gasteiger partial charge in [-0.3, -0.25) is 9.59 Å². The second-order valence-corrected chi connectivity index (χ2v) is 10.2. The van der Waals surface area contributed by atoms with Crippen LogP contribution in [-0.4, -0.2) is 28.5 Å². The predicted molar refractivity (Wildman–Crippen MR) is 150 cm³/mol. The Bertz CT molecular complexity index is 1400. The number of rotatable bonds is 10. The van der Waals surface area contributed by atoms with Gasteiger partial charge in [0.25, 0.3) is 5.91 Å². The van der Waals surface area contributed by atoms with Crippen molar-refractivity contribution in [1.82, 2.24) is 10.3 Å². The zero-order valence-corrected chi connectivity index (χ0v) is 22.5. The van der Waals surface area contributed by atoms with Gasteiger partial charge in [-0.25, -0.2) is 0 Å². The van der Waals surface area contributed by atoms with Crippen LogP contribution in [0.15, 0.2) is 66.9 Å². The fourth-order valence-corrected chi connectivity index (χ4v) is 5.32. The molecule has 0 saturated heterocycles. The van der Waals surface area contributed by atoms with Gasteiger partial charge < -0.3 is 15.4 Å². The van der Waals surface area contributed by atoms with E-state index in [0.717, 1.165) is 40.4 Å². The highest BCUT2D eigenvalue weighted by molar-refractivity contribution is 6.45. The summed E-state index contributed by atoms with van der Waals surface area (Å²) in [4.78, 5) is 26.5. The minimum Gasteiger partial charge on any atom is -0.481 e. The summed E-state index contributed by atoms with van der Waals surface area (Å²) in [6.07, 6.45) is 3.75. The third-order valence-electron chi connectivity index (χ3n) is 6.57. The largest absolute Gasteiger partial charge is 0.481 e. The molecule has 0 aliphatic carbocycles. The standard InChI is InChI=1S/C29H27Cl3N2O3/c1-2-3-21(17-4-6-19(7-5-17)29(37)33-15-14-25(35)36)26(18-8-10-20(30)11-9-18)23-16-34-28-22(23)12-13-24(31)27(28)32/h4-13,16,21,26,34H,2-3,14-15H2,1H3,(H,33,37)(H,35,36). The van der Waals surface area contributed by atoms with Crippen LogP contribution in [-0.2, 0) is 4.79 Å². The number of fused-ring (bicyclic) bond motifs is 1. The lowest BCUT2D eigenvalue weighted by atomic mass is 9.75. The number of amides is 1. The quantitative estimate of drug-likeness (QED) is 0.184. The summed E-state index contributed by atoms with van der Waals surface area (Å²) in [5, 5.41) is 14.1. The molecule has 0 spiro atoms. The highest BCUT2D eigenvalue weighted by atomic mass is 35.5. The lowest BCUT2D eigenvalue weighted by molar-refractivity contribution is -0.136. The number of aromatic nitrogens is 1. The first-order valence-corrected chi connectivity index (χ1v) is 13.2. The van der Waals surface area contributed by atoms with Crippen LogP contribution in [0.25, 0.3) is 10.9 Å². The minimum atomic E-state index is -0.952. The topological polar surface area (TPSA) is 82.2 Å². The maximum Gasteiger partial charge on any atom is 0.305 e. The fraction of sp³-hybridized carbons (Fsp3) is 0.241. The summed E-state index contributed by atoms with van der Waals surface area (Å²) >= 11 is 19.0. The molecule has 1 aromatic heterocycles. The molecule has 5 nitrogen and oxygen atoms in total. The summed E-state index contributed by atoms with van der Waals surface area (Å²) in [6.45, 7) is 2.24. The third kappa shape index (κ3) is 6.12. The minimum absolute atomic E-state index is 0.0153. The Morgan fingerprint density at radius 3 is 2.27 bits per heavy atom. The van der Waals surface area contributed by atoms with E-state index in [9.17, 15) is 9.59 Å². The Morgan fingerprint density at radius 2 is 1.62 bits per heavy atom. The average molecular weight is 558 g/mol. The van der Waals surface area contributed by atoms with E-state index in [2.05, 4.69) is 29.4 Å².